The fourth-order valence-electron chi connectivity index (χ4n) is 15.7. The van der Waals surface area contributed by atoms with E-state index in [1.165, 1.54) is 308 Å². The molecule has 0 aromatic heterocycles. The van der Waals surface area contributed by atoms with Crippen molar-refractivity contribution in [2.75, 3.05) is 72.7 Å². The Morgan fingerprint density at radius 3 is 0.627 bits per heavy atom. The predicted octanol–water partition coefficient (Wildman–Crippen LogP) is 27.2. The maximum atomic E-state index is 12.7. The van der Waals surface area contributed by atoms with Gasteiger partial charge in [0, 0.05) is 65.0 Å². The number of unbranched alkanes of at least 4 members (excludes halogenated alkanes) is 58. The molecule has 0 aromatic carbocycles. The van der Waals surface area contributed by atoms with Gasteiger partial charge in [-0.1, -0.05) is 374 Å². The van der Waals surface area contributed by atoms with Gasteiger partial charge in [-0.25, -0.2) is 0 Å². The van der Waals surface area contributed by atoms with Gasteiger partial charge in [0.25, 0.3) is 0 Å². The lowest BCUT2D eigenvalue weighted by Gasteiger charge is -2.25. The highest BCUT2D eigenvalue weighted by Gasteiger charge is 2.21. The molecule has 110 heavy (non-hydrogen) atoms. The summed E-state index contributed by atoms with van der Waals surface area (Å²) in [4.78, 5) is 52.7. The van der Waals surface area contributed by atoms with Gasteiger partial charge < -0.3 is 44.7 Å². The van der Waals surface area contributed by atoms with Crippen LogP contribution in [-0.2, 0) is 38.1 Å². The zero-order valence-corrected chi connectivity index (χ0v) is 74.3. The number of carbonyl (C=O) groups is 4. The first-order chi connectivity index (χ1) is 54.1. The second kappa shape index (κ2) is 90.6. The van der Waals surface area contributed by atoms with Gasteiger partial charge in [0.05, 0.1) is 38.6 Å². The largest absolute Gasteiger partial charge is 0.466 e. The number of hydrogen-bond donors (Lipinski definition) is 4. The molecule has 0 aromatic rings. The van der Waals surface area contributed by atoms with E-state index in [2.05, 4.69) is 50.3 Å². The summed E-state index contributed by atoms with van der Waals surface area (Å²) in [6.45, 7) is 15.6. The fourth-order valence-corrected chi connectivity index (χ4v) is 15.7. The smallest absolute Gasteiger partial charge is 0.305 e. The Labute approximate surface area is 683 Å². The van der Waals surface area contributed by atoms with Crippen molar-refractivity contribution < 1.29 is 48.3 Å². The first-order valence-corrected chi connectivity index (χ1v) is 49.2. The topological polar surface area (TPSA) is 173 Å². The minimum absolute atomic E-state index is 0.0780. The molecule has 0 amide bonds. The first kappa shape index (κ1) is 108. The van der Waals surface area contributed by atoms with Gasteiger partial charge in [-0.15, -0.1) is 0 Å². The van der Waals surface area contributed by atoms with Gasteiger partial charge in [-0.2, -0.15) is 0 Å². The molecule has 0 saturated carbocycles. The molecular weight excluding hydrogens is 1370 g/mol. The Kier molecular flexibility index (Phi) is 88.7. The molecule has 0 radical (unpaired) electrons. The molecule has 4 N–H and O–H groups in total. The summed E-state index contributed by atoms with van der Waals surface area (Å²) >= 11 is 0. The number of ether oxygens (including phenoxy) is 4. The number of aliphatic hydroxyl groups is 2. The summed E-state index contributed by atoms with van der Waals surface area (Å²) in [5.41, 5.74) is 0. The van der Waals surface area contributed by atoms with Gasteiger partial charge >= 0.3 is 23.9 Å². The molecule has 0 heterocycles. The van der Waals surface area contributed by atoms with Crippen LogP contribution in [0.4, 0.5) is 0 Å². The summed E-state index contributed by atoms with van der Waals surface area (Å²) in [6, 6.07) is 0. The Hall–Kier alpha value is -2.32. The summed E-state index contributed by atoms with van der Waals surface area (Å²) in [5, 5.41) is 30.7. The summed E-state index contributed by atoms with van der Waals surface area (Å²) < 4.78 is 22.6. The minimum atomic E-state index is -0.449. The number of hydrogen-bond acceptors (Lipinski definition) is 13. The van der Waals surface area contributed by atoms with Crippen molar-refractivity contribution in [3.63, 3.8) is 0 Å². The molecule has 0 rings (SSSR count). The van der Waals surface area contributed by atoms with E-state index in [0.717, 1.165) is 155 Å². The van der Waals surface area contributed by atoms with Crippen molar-refractivity contribution in [3.05, 3.63) is 0 Å². The lowest BCUT2D eigenvalue weighted by atomic mass is 9.92. The minimum Gasteiger partial charge on any atom is -0.466 e. The van der Waals surface area contributed by atoms with E-state index < -0.39 is 12.2 Å². The van der Waals surface area contributed by atoms with E-state index in [0.29, 0.717) is 78.0 Å². The van der Waals surface area contributed by atoms with Crippen LogP contribution in [0.5, 0.6) is 0 Å². The molecule has 0 aliphatic rings. The van der Waals surface area contributed by atoms with E-state index in [4.69, 9.17) is 18.9 Å². The van der Waals surface area contributed by atoms with Crippen LogP contribution in [0.2, 0.25) is 0 Å². The molecular formula is C97H191N3O10. The third-order valence-electron chi connectivity index (χ3n) is 23.5. The van der Waals surface area contributed by atoms with Crippen molar-refractivity contribution in [1.82, 2.24) is 15.5 Å². The number of nitrogens with one attached hydrogen (secondary N) is 2. The molecule has 0 aliphatic carbocycles. The zero-order valence-electron chi connectivity index (χ0n) is 74.3. The molecule has 0 saturated heterocycles. The van der Waals surface area contributed by atoms with E-state index in [9.17, 15) is 29.4 Å². The predicted molar refractivity (Wildman–Crippen MR) is 470 cm³/mol. The van der Waals surface area contributed by atoms with Crippen LogP contribution in [0.15, 0.2) is 0 Å². The maximum absolute atomic E-state index is 12.7. The van der Waals surface area contributed by atoms with Crippen molar-refractivity contribution in [3.8, 4) is 0 Å². The monoisotopic (exact) mass is 1560 g/mol. The highest BCUT2D eigenvalue weighted by Crippen LogP contribution is 2.23. The normalized spacial score (nSPS) is 12.8. The lowest BCUT2D eigenvalue weighted by molar-refractivity contribution is -0.144. The molecule has 13 heteroatoms. The van der Waals surface area contributed by atoms with Crippen LogP contribution < -0.4 is 10.6 Å². The van der Waals surface area contributed by atoms with Gasteiger partial charge in [0.1, 0.15) is 0 Å². The molecule has 0 spiro atoms. The molecule has 4 unspecified atom stereocenters. The van der Waals surface area contributed by atoms with E-state index >= 15 is 0 Å². The third-order valence-corrected chi connectivity index (χ3v) is 23.5. The van der Waals surface area contributed by atoms with Crippen molar-refractivity contribution in [1.29, 1.82) is 0 Å². The SMILES string of the molecule is CCCCCCCCCCCCCCCCC(=O)OCCCCCC(O)C(CCCCOC(=O)CCCCCCCCCCCCCCCC)CNCCN(C)CCNCC(CCCCOC(=O)CCCCCCCCCCCCCCCC)C(O)CCCCCOC(=O)CCCCCCCCCCCCCCCC. The number of nitrogens with zero attached hydrogens (tertiary/aromatic N) is 1. The average molecular weight is 1560 g/mol. The summed E-state index contributed by atoms with van der Waals surface area (Å²) in [6.07, 6.45) is 85.3. The van der Waals surface area contributed by atoms with Crippen LogP contribution in [0.1, 0.15) is 503 Å². The van der Waals surface area contributed by atoms with Crippen molar-refractivity contribution in [2.24, 2.45) is 11.8 Å². The van der Waals surface area contributed by atoms with Gasteiger partial charge in [0.2, 0.25) is 0 Å². The number of rotatable bonds is 94. The van der Waals surface area contributed by atoms with Gasteiger partial charge in [-0.05, 0) is 122 Å². The van der Waals surface area contributed by atoms with Crippen LogP contribution in [0.25, 0.3) is 0 Å². The second-order valence-corrected chi connectivity index (χ2v) is 34.3. The molecule has 0 aliphatic heterocycles. The lowest BCUT2D eigenvalue weighted by Crippen LogP contribution is -2.39. The second-order valence-electron chi connectivity index (χ2n) is 34.3. The number of carbonyl (C=O) groups excluding carboxylic acids is 4. The fraction of sp³-hybridized carbons (Fsp3) is 0.959. The van der Waals surface area contributed by atoms with Crippen LogP contribution in [0, 0.1) is 11.8 Å². The molecule has 0 fully saturated rings. The van der Waals surface area contributed by atoms with Crippen LogP contribution in [-0.4, -0.2) is 124 Å². The Balaban J connectivity index is 5.12. The van der Waals surface area contributed by atoms with Crippen LogP contribution >= 0.6 is 0 Å². The van der Waals surface area contributed by atoms with E-state index in [1.807, 2.05) is 0 Å². The quantitative estimate of drug-likeness (QED) is 0.0258. The number of aliphatic hydroxyl groups excluding tert-OH is 2. The Bertz CT molecular complexity index is 1730. The first-order valence-electron chi connectivity index (χ1n) is 49.2. The average Bonchev–Trinajstić information content (AvgIpc) is 0.943. The summed E-state index contributed by atoms with van der Waals surface area (Å²) in [7, 11) is 2.15. The Morgan fingerprint density at radius 2 is 0.418 bits per heavy atom. The molecule has 0 bridgehead atoms. The van der Waals surface area contributed by atoms with E-state index in [1.54, 1.807) is 0 Å². The van der Waals surface area contributed by atoms with E-state index in [-0.39, 0.29) is 35.7 Å². The van der Waals surface area contributed by atoms with Crippen molar-refractivity contribution >= 4 is 23.9 Å². The molecule has 13 nitrogen and oxygen atoms in total. The van der Waals surface area contributed by atoms with Gasteiger partial charge in [0.15, 0.2) is 0 Å². The molecule has 4 atom stereocenters. The maximum Gasteiger partial charge on any atom is 0.305 e. The third kappa shape index (κ3) is 83.6. The highest BCUT2D eigenvalue weighted by molar-refractivity contribution is 5.70. The number of esters is 4. The standard InChI is InChI=1S/C97H191N3O10/c1-6-10-14-18-22-26-30-34-38-42-46-50-54-62-76-94(103)107-84-68-58-60-74-92(101)90(72-66-70-86-109-96(105)78-64-56-52-48-44-40-36-32-28-24-20-16-12-8-3)88-98-80-82-100(5)83-81-99-89-91(73-67-71-87-110-97(106)79-65-57-53-49-45-41-37-33-29-25-21-17-13-9-4)93(102)75-61-59-69-85-108-95(104)77-63-55-51-47-43-39-35-31-27-23-19-15-11-7-2/h90-93,98-99,101-102H,6-89H2,1-5H3. The van der Waals surface area contributed by atoms with Crippen molar-refractivity contribution in [2.45, 2.75) is 515 Å². The zero-order chi connectivity index (χ0) is 79.8. The number of likely N-dealkylation sites (N-methyl/N-ethyl adjacent to an activating group) is 1. The van der Waals surface area contributed by atoms with Crippen LogP contribution in [0.3, 0.4) is 0 Å². The molecule has 654 valence electrons. The Morgan fingerprint density at radius 1 is 0.245 bits per heavy atom. The summed E-state index contributed by atoms with van der Waals surface area (Å²) in [5.74, 6) is -0.163. The van der Waals surface area contributed by atoms with Gasteiger partial charge in [-0.3, -0.25) is 19.2 Å². The highest BCUT2D eigenvalue weighted by atomic mass is 16.5.